The van der Waals surface area contributed by atoms with Crippen molar-refractivity contribution in [1.82, 2.24) is 24.5 Å². The zero-order valence-electron chi connectivity index (χ0n) is 18.6. The number of amides is 1. The van der Waals surface area contributed by atoms with Crippen molar-refractivity contribution < 1.29 is 18.0 Å². The number of carbonyl (C=O) groups excluding carboxylic acids is 1. The van der Waals surface area contributed by atoms with Crippen molar-refractivity contribution in [2.75, 3.05) is 17.2 Å². The van der Waals surface area contributed by atoms with Gasteiger partial charge in [-0.15, -0.1) is 0 Å². The minimum atomic E-state index is -2.62. The summed E-state index contributed by atoms with van der Waals surface area (Å²) in [7, 11) is 1.71. The number of nitrogens with one attached hydrogen (secondary N) is 3. The lowest BCUT2D eigenvalue weighted by Crippen LogP contribution is -2.40. The van der Waals surface area contributed by atoms with Crippen LogP contribution in [0.15, 0.2) is 30.6 Å². The van der Waals surface area contributed by atoms with E-state index in [9.17, 15) is 18.0 Å². The molecular formula is C22H28F3N7O. The summed E-state index contributed by atoms with van der Waals surface area (Å²) in [6.45, 7) is 1.52. The molecule has 1 atom stereocenters. The average Bonchev–Trinajstić information content (AvgIpc) is 3.38. The molecule has 178 valence electrons. The molecule has 11 heteroatoms. The van der Waals surface area contributed by atoms with E-state index >= 15 is 0 Å². The van der Waals surface area contributed by atoms with Crippen LogP contribution in [0.1, 0.15) is 55.1 Å². The molecule has 1 amide bonds. The van der Waals surface area contributed by atoms with Gasteiger partial charge in [0.15, 0.2) is 5.82 Å². The lowest BCUT2D eigenvalue weighted by atomic mass is 9.91. The Morgan fingerprint density at radius 1 is 1.15 bits per heavy atom. The third-order valence-corrected chi connectivity index (χ3v) is 5.77. The van der Waals surface area contributed by atoms with Gasteiger partial charge >= 0.3 is 0 Å². The number of carbonyl (C=O) groups is 1. The van der Waals surface area contributed by atoms with E-state index in [0.29, 0.717) is 22.8 Å². The Hall–Kier alpha value is -3.24. The number of anilines is 2. The number of pyridine rings is 1. The maximum atomic E-state index is 13.2. The molecule has 33 heavy (non-hydrogen) atoms. The van der Waals surface area contributed by atoms with E-state index in [1.54, 1.807) is 29.8 Å². The normalized spacial score (nSPS) is 19.6. The molecule has 3 aromatic rings. The van der Waals surface area contributed by atoms with E-state index < -0.39 is 12.6 Å². The maximum Gasteiger partial charge on any atom is 0.281 e. The van der Waals surface area contributed by atoms with Crippen LogP contribution in [-0.2, 0) is 7.05 Å². The first-order chi connectivity index (χ1) is 15.8. The first-order valence-corrected chi connectivity index (χ1v) is 11.0. The molecular weight excluding hydrogens is 435 g/mol. The minimum absolute atomic E-state index is 0.0122. The van der Waals surface area contributed by atoms with Crippen LogP contribution < -0.4 is 16.0 Å². The number of hydrogen-bond donors (Lipinski definition) is 3. The quantitative estimate of drug-likeness (QED) is 0.471. The minimum Gasteiger partial charge on any atom is -0.368 e. The van der Waals surface area contributed by atoms with Crippen molar-refractivity contribution in [3.05, 3.63) is 41.9 Å². The summed E-state index contributed by atoms with van der Waals surface area (Å²) in [6, 6.07) is 5.49. The van der Waals surface area contributed by atoms with Gasteiger partial charge in [0, 0.05) is 38.1 Å². The Balaban J connectivity index is 1.34. The predicted octanol–water partition coefficient (Wildman–Crippen LogP) is 3.93. The van der Waals surface area contributed by atoms with Crippen LogP contribution in [0.25, 0.3) is 5.65 Å². The van der Waals surface area contributed by atoms with Gasteiger partial charge in [-0.3, -0.25) is 13.9 Å². The summed E-state index contributed by atoms with van der Waals surface area (Å²) in [5.74, 6) is 0.843. The molecule has 3 heterocycles. The summed E-state index contributed by atoms with van der Waals surface area (Å²) in [5, 5.41) is 13.6. The van der Waals surface area contributed by atoms with Crippen LogP contribution >= 0.6 is 0 Å². The van der Waals surface area contributed by atoms with Crippen molar-refractivity contribution in [3.8, 4) is 0 Å². The number of rotatable bonds is 8. The number of imidazole rings is 1. The number of hydrogen-bond acceptors (Lipinski definition) is 5. The van der Waals surface area contributed by atoms with E-state index in [-0.39, 0.29) is 30.2 Å². The first-order valence-electron chi connectivity index (χ1n) is 11.0. The molecule has 4 rings (SSSR count). The second kappa shape index (κ2) is 9.72. The fraction of sp³-hybridized carbons (Fsp3) is 0.500. The fourth-order valence-electron chi connectivity index (χ4n) is 4.13. The third-order valence-electron chi connectivity index (χ3n) is 5.77. The second-order valence-electron chi connectivity index (χ2n) is 8.50. The summed E-state index contributed by atoms with van der Waals surface area (Å²) in [5.41, 5.74) is 0.611. The average molecular weight is 464 g/mol. The molecule has 1 unspecified atom stereocenters. The SMILES string of the molecule is CC(F)CNc1nn(C)cc1C(=O)NC1CCC(Nc2cccc3nc(C(F)F)cn23)CC1. The molecule has 0 saturated heterocycles. The Bertz CT molecular complexity index is 1100. The van der Waals surface area contributed by atoms with Gasteiger partial charge in [0.05, 0.1) is 0 Å². The number of nitrogens with zero attached hydrogens (tertiary/aromatic N) is 4. The second-order valence-corrected chi connectivity index (χ2v) is 8.50. The van der Waals surface area contributed by atoms with E-state index in [4.69, 9.17) is 0 Å². The van der Waals surface area contributed by atoms with Gasteiger partial charge in [-0.25, -0.2) is 18.2 Å². The molecule has 0 spiro atoms. The molecule has 1 saturated carbocycles. The molecule has 0 aromatic carbocycles. The fourth-order valence-corrected chi connectivity index (χ4v) is 4.13. The molecule has 1 aliphatic rings. The van der Waals surface area contributed by atoms with Gasteiger partial charge in [-0.2, -0.15) is 5.10 Å². The van der Waals surface area contributed by atoms with Crippen LogP contribution in [0.2, 0.25) is 0 Å². The zero-order chi connectivity index (χ0) is 23.5. The van der Waals surface area contributed by atoms with Crippen LogP contribution in [0.4, 0.5) is 24.8 Å². The van der Waals surface area contributed by atoms with Crippen LogP contribution in [-0.4, -0.2) is 49.9 Å². The van der Waals surface area contributed by atoms with Gasteiger partial charge in [-0.05, 0) is 44.7 Å². The molecule has 0 bridgehead atoms. The van der Waals surface area contributed by atoms with E-state index in [1.807, 2.05) is 6.07 Å². The van der Waals surface area contributed by atoms with Crippen molar-refractivity contribution >= 4 is 23.2 Å². The number of alkyl halides is 3. The molecule has 0 radical (unpaired) electrons. The lowest BCUT2D eigenvalue weighted by molar-refractivity contribution is 0.0927. The first kappa shape index (κ1) is 22.9. The zero-order valence-corrected chi connectivity index (χ0v) is 18.6. The van der Waals surface area contributed by atoms with Crippen LogP contribution in [0, 0.1) is 0 Å². The van der Waals surface area contributed by atoms with Gasteiger partial charge in [-0.1, -0.05) is 6.07 Å². The van der Waals surface area contributed by atoms with Crippen molar-refractivity contribution in [2.45, 2.75) is 57.3 Å². The van der Waals surface area contributed by atoms with E-state index in [1.165, 1.54) is 17.8 Å². The maximum absolute atomic E-state index is 13.2. The van der Waals surface area contributed by atoms with Crippen molar-refractivity contribution in [3.63, 3.8) is 0 Å². The van der Waals surface area contributed by atoms with Gasteiger partial charge in [0.2, 0.25) is 0 Å². The van der Waals surface area contributed by atoms with Gasteiger partial charge in [0.25, 0.3) is 12.3 Å². The third kappa shape index (κ3) is 5.40. The van der Waals surface area contributed by atoms with Crippen LogP contribution in [0.5, 0.6) is 0 Å². The number of aromatic nitrogens is 4. The number of fused-ring (bicyclic) bond motifs is 1. The van der Waals surface area contributed by atoms with Crippen molar-refractivity contribution in [2.24, 2.45) is 7.05 Å². The molecule has 1 fully saturated rings. The summed E-state index contributed by atoms with van der Waals surface area (Å²) < 4.78 is 42.4. The number of halogens is 3. The lowest BCUT2D eigenvalue weighted by Gasteiger charge is -2.30. The smallest absolute Gasteiger partial charge is 0.281 e. The molecule has 3 aromatic heterocycles. The van der Waals surface area contributed by atoms with E-state index in [0.717, 1.165) is 25.7 Å². The van der Waals surface area contributed by atoms with Crippen LogP contribution in [0.3, 0.4) is 0 Å². The highest BCUT2D eigenvalue weighted by Gasteiger charge is 2.25. The Kier molecular flexibility index (Phi) is 6.75. The monoisotopic (exact) mass is 463 g/mol. The predicted molar refractivity (Wildman–Crippen MR) is 120 cm³/mol. The molecule has 0 aliphatic heterocycles. The Morgan fingerprint density at radius 2 is 1.88 bits per heavy atom. The van der Waals surface area contributed by atoms with Gasteiger partial charge in [0.1, 0.15) is 28.9 Å². The summed E-state index contributed by atoms with van der Waals surface area (Å²) in [4.78, 5) is 16.7. The van der Waals surface area contributed by atoms with Gasteiger partial charge < -0.3 is 16.0 Å². The summed E-state index contributed by atoms with van der Waals surface area (Å²) >= 11 is 0. The highest BCUT2D eigenvalue weighted by Crippen LogP contribution is 2.25. The Labute approximate surface area is 189 Å². The molecule has 8 nitrogen and oxygen atoms in total. The molecule has 3 N–H and O–H groups in total. The summed E-state index contributed by atoms with van der Waals surface area (Å²) in [6.07, 6.45) is 2.48. The highest BCUT2D eigenvalue weighted by atomic mass is 19.3. The standard InChI is InChI=1S/C22H28F3N7O/c1-13(23)10-26-21-16(11-31(2)30-21)22(33)28-15-8-6-14(7-9-15)27-18-4-3-5-19-29-17(20(24)25)12-32(18)19/h3-5,11-15,20,27H,6-10H2,1-2H3,(H,26,30)(H,28,33). The van der Waals surface area contributed by atoms with E-state index in [2.05, 4.69) is 26.0 Å². The molecule has 1 aliphatic carbocycles. The highest BCUT2D eigenvalue weighted by molar-refractivity contribution is 5.98. The topological polar surface area (TPSA) is 88.3 Å². The van der Waals surface area contributed by atoms with Crippen molar-refractivity contribution in [1.29, 1.82) is 0 Å². The Morgan fingerprint density at radius 3 is 2.58 bits per heavy atom. The largest absolute Gasteiger partial charge is 0.368 e. The number of aryl methyl sites for hydroxylation is 1.